The fourth-order valence-electron chi connectivity index (χ4n) is 2.09. The van der Waals surface area contributed by atoms with E-state index in [0.717, 1.165) is 18.7 Å². The molecule has 1 saturated heterocycles. The minimum absolute atomic E-state index is 0.176. The molecule has 1 fully saturated rings. The van der Waals surface area contributed by atoms with E-state index >= 15 is 0 Å². The van der Waals surface area contributed by atoms with Crippen LogP contribution < -0.4 is 5.73 Å². The summed E-state index contributed by atoms with van der Waals surface area (Å²) in [5, 5.41) is 12.1. The third-order valence-electron chi connectivity index (χ3n) is 2.92. The van der Waals surface area contributed by atoms with Crippen LogP contribution in [0.1, 0.15) is 11.6 Å². The molecule has 1 heterocycles. The summed E-state index contributed by atoms with van der Waals surface area (Å²) >= 11 is 0. The molecule has 1 aromatic carbocycles. The van der Waals surface area contributed by atoms with Crippen molar-refractivity contribution in [1.82, 2.24) is 4.90 Å². The van der Waals surface area contributed by atoms with Crippen LogP contribution in [0.2, 0.25) is 0 Å². The maximum Gasteiger partial charge on any atom is 0.161 e. The van der Waals surface area contributed by atoms with Crippen LogP contribution in [0, 0.1) is 0 Å². The molecule has 1 aromatic rings. The summed E-state index contributed by atoms with van der Waals surface area (Å²) in [7, 11) is 0. The van der Waals surface area contributed by atoms with E-state index in [1.54, 1.807) is 0 Å². The number of oxime groups is 1. The number of hydrogen-bond acceptors (Lipinski definition) is 4. The zero-order valence-corrected chi connectivity index (χ0v) is 9.62. The first kappa shape index (κ1) is 11.9. The van der Waals surface area contributed by atoms with E-state index in [4.69, 9.17) is 15.7 Å². The molecule has 92 valence electrons. The summed E-state index contributed by atoms with van der Waals surface area (Å²) in [4.78, 5) is 2.16. The lowest BCUT2D eigenvalue weighted by atomic mass is 10.0. The van der Waals surface area contributed by atoms with E-state index in [1.165, 1.54) is 0 Å². The number of morpholine rings is 1. The van der Waals surface area contributed by atoms with Gasteiger partial charge in [0.05, 0.1) is 19.3 Å². The molecule has 1 aliphatic rings. The minimum Gasteiger partial charge on any atom is -0.409 e. The van der Waals surface area contributed by atoms with Gasteiger partial charge in [-0.15, -0.1) is 0 Å². The van der Waals surface area contributed by atoms with E-state index in [-0.39, 0.29) is 11.9 Å². The zero-order valence-electron chi connectivity index (χ0n) is 9.62. The Morgan fingerprint density at radius 2 is 1.94 bits per heavy atom. The normalized spacial score (nSPS) is 20.1. The number of ether oxygens (including phenoxy) is 1. The van der Waals surface area contributed by atoms with Gasteiger partial charge in [0.25, 0.3) is 0 Å². The summed E-state index contributed by atoms with van der Waals surface area (Å²) in [5.74, 6) is 0.220. The molecular weight excluding hydrogens is 218 g/mol. The van der Waals surface area contributed by atoms with E-state index in [0.29, 0.717) is 13.2 Å². The average molecular weight is 235 g/mol. The molecule has 1 aliphatic heterocycles. The van der Waals surface area contributed by atoms with Gasteiger partial charge in [0.1, 0.15) is 0 Å². The molecule has 2 rings (SSSR count). The molecule has 3 N–H and O–H groups in total. The number of hydrogen-bond donors (Lipinski definition) is 2. The highest BCUT2D eigenvalue weighted by atomic mass is 16.5. The van der Waals surface area contributed by atoms with Crippen molar-refractivity contribution >= 4 is 5.84 Å². The van der Waals surface area contributed by atoms with Crippen LogP contribution in [0.25, 0.3) is 0 Å². The van der Waals surface area contributed by atoms with E-state index in [9.17, 15) is 0 Å². The first-order valence-corrected chi connectivity index (χ1v) is 5.67. The molecule has 0 amide bonds. The SMILES string of the molecule is N/C(=N/O)C(c1ccccc1)N1CCOCC1. The Bertz CT molecular complexity index is 375. The predicted molar refractivity (Wildman–Crippen MR) is 65.0 cm³/mol. The second-order valence-corrected chi connectivity index (χ2v) is 3.99. The molecular formula is C12H17N3O2. The minimum atomic E-state index is -0.176. The Labute approximate surface area is 100 Å². The number of rotatable bonds is 3. The summed E-state index contributed by atoms with van der Waals surface area (Å²) in [6.07, 6.45) is 0. The highest BCUT2D eigenvalue weighted by Gasteiger charge is 2.25. The first-order valence-electron chi connectivity index (χ1n) is 5.67. The van der Waals surface area contributed by atoms with Gasteiger partial charge in [0, 0.05) is 13.1 Å². The smallest absolute Gasteiger partial charge is 0.161 e. The van der Waals surface area contributed by atoms with Crippen molar-refractivity contribution < 1.29 is 9.94 Å². The Balaban J connectivity index is 2.25. The first-order chi connectivity index (χ1) is 8.33. The van der Waals surface area contributed by atoms with Crippen molar-refractivity contribution in [1.29, 1.82) is 0 Å². The van der Waals surface area contributed by atoms with Gasteiger partial charge >= 0.3 is 0 Å². The molecule has 0 aliphatic carbocycles. The Kier molecular flexibility index (Phi) is 3.95. The van der Waals surface area contributed by atoms with Crippen LogP contribution in [0.15, 0.2) is 35.5 Å². The van der Waals surface area contributed by atoms with Gasteiger partial charge in [-0.25, -0.2) is 0 Å². The quantitative estimate of drug-likeness (QED) is 0.352. The van der Waals surface area contributed by atoms with Crippen molar-refractivity contribution in [3.8, 4) is 0 Å². The maximum absolute atomic E-state index is 8.90. The van der Waals surface area contributed by atoms with Crippen molar-refractivity contribution in [2.75, 3.05) is 26.3 Å². The van der Waals surface area contributed by atoms with Gasteiger partial charge in [0.15, 0.2) is 5.84 Å². The predicted octanol–water partition coefficient (Wildman–Crippen LogP) is 0.806. The highest BCUT2D eigenvalue weighted by molar-refractivity contribution is 5.86. The van der Waals surface area contributed by atoms with Crippen LogP contribution in [0.3, 0.4) is 0 Å². The Morgan fingerprint density at radius 1 is 1.29 bits per heavy atom. The largest absolute Gasteiger partial charge is 0.409 e. The van der Waals surface area contributed by atoms with Gasteiger partial charge in [-0.1, -0.05) is 35.5 Å². The van der Waals surface area contributed by atoms with Crippen molar-refractivity contribution in [2.24, 2.45) is 10.9 Å². The fourth-order valence-corrected chi connectivity index (χ4v) is 2.09. The van der Waals surface area contributed by atoms with Crippen molar-refractivity contribution in [3.63, 3.8) is 0 Å². The van der Waals surface area contributed by atoms with Crippen LogP contribution in [-0.4, -0.2) is 42.2 Å². The molecule has 0 spiro atoms. The molecule has 5 heteroatoms. The van der Waals surface area contributed by atoms with Gasteiger partial charge in [0.2, 0.25) is 0 Å². The second kappa shape index (κ2) is 5.65. The lowest BCUT2D eigenvalue weighted by Crippen LogP contribution is -2.44. The molecule has 0 aromatic heterocycles. The second-order valence-electron chi connectivity index (χ2n) is 3.99. The van der Waals surface area contributed by atoms with Crippen LogP contribution in [0.5, 0.6) is 0 Å². The summed E-state index contributed by atoms with van der Waals surface area (Å²) in [6, 6.07) is 9.65. The van der Waals surface area contributed by atoms with E-state index in [1.807, 2.05) is 30.3 Å². The van der Waals surface area contributed by atoms with E-state index < -0.39 is 0 Å². The van der Waals surface area contributed by atoms with E-state index in [2.05, 4.69) is 10.1 Å². The lowest BCUT2D eigenvalue weighted by molar-refractivity contribution is 0.0280. The summed E-state index contributed by atoms with van der Waals surface area (Å²) in [5.41, 5.74) is 6.83. The Hall–Kier alpha value is -1.59. The van der Waals surface area contributed by atoms with Gasteiger partial charge in [-0.2, -0.15) is 0 Å². The fraction of sp³-hybridized carbons (Fsp3) is 0.417. The third kappa shape index (κ3) is 2.75. The van der Waals surface area contributed by atoms with Crippen LogP contribution >= 0.6 is 0 Å². The summed E-state index contributed by atoms with van der Waals surface area (Å²) < 4.78 is 5.31. The van der Waals surface area contributed by atoms with Crippen LogP contribution in [-0.2, 0) is 4.74 Å². The number of benzene rings is 1. The molecule has 17 heavy (non-hydrogen) atoms. The average Bonchev–Trinajstić information content (AvgIpc) is 2.41. The van der Waals surface area contributed by atoms with Gasteiger partial charge in [-0.05, 0) is 5.56 Å². The number of amidine groups is 1. The van der Waals surface area contributed by atoms with Gasteiger partial charge in [-0.3, -0.25) is 4.90 Å². The molecule has 0 bridgehead atoms. The molecule has 1 atom stereocenters. The van der Waals surface area contributed by atoms with Crippen LogP contribution in [0.4, 0.5) is 0 Å². The molecule has 5 nitrogen and oxygen atoms in total. The standard InChI is InChI=1S/C12H17N3O2/c13-12(14-16)11(10-4-2-1-3-5-10)15-6-8-17-9-7-15/h1-5,11,16H,6-9H2,(H2,13,14). The van der Waals surface area contributed by atoms with Crippen molar-refractivity contribution in [3.05, 3.63) is 35.9 Å². The molecule has 1 unspecified atom stereocenters. The number of nitrogens with zero attached hydrogens (tertiary/aromatic N) is 2. The lowest BCUT2D eigenvalue weighted by Gasteiger charge is -2.33. The maximum atomic E-state index is 8.90. The van der Waals surface area contributed by atoms with Gasteiger partial charge < -0.3 is 15.7 Å². The Morgan fingerprint density at radius 3 is 2.53 bits per heavy atom. The molecule has 0 radical (unpaired) electrons. The van der Waals surface area contributed by atoms with Crippen molar-refractivity contribution in [2.45, 2.75) is 6.04 Å². The zero-order chi connectivity index (χ0) is 12.1. The highest BCUT2D eigenvalue weighted by Crippen LogP contribution is 2.21. The number of nitrogens with two attached hydrogens (primary N) is 1. The topological polar surface area (TPSA) is 71.1 Å². The summed E-state index contributed by atoms with van der Waals surface area (Å²) in [6.45, 7) is 2.94. The third-order valence-corrected chi connectivity index (χ3v) is 2.92. The monoisotopic (exact) mass is 235 g/mol. The molecule has 0 saturated carbocycles.